The molecular weight excluding hydrogens is 445 g/mol. The molecule has 1 amide bonds. The van der Waals surface area contributed by atoms with E-state index >= 15 is 0 Å². The number of benzene rings is 1. The van der Waals surface area contributed by atoms with Gasteiger partial charge in [0.1, 0.15) is 23.6 Å². The van der Waals surface area contributed by atoms with Crippen LogP contribution in [0.25, 0.3) is 16.8 Å². The molecular formula is C23H18FN5O5. The van der Waals surface area contributed by atoms with Crippen LogP contribution < -0.4 is 14.4 Å². The number of hydrogen-bond acceptors (Lipinski definition) is 7. The lowest BCUT2D eigenvalue weighted by Crippen LogP contribution is -2.31. The molecule has 11 heteroatoms. The third kappa shape index (κ3) is 2.86. The van der Waals surface area contributed by atoms with Crippen LogP contribution in [0.1, 0.15) is 22.7 Å². The van der Waals surface area contributed by atoms with Gasteiger partial charge in [-0.3, -0.25) is 14.3 Å². The molecule has 0 saturated carbocycles. The second-order valence-corrected chi connectivity index (χ2v) is 8.19. The van der Waals surface area contributed by atoms with Crippen molar-refractivity contribution in [2.45, 2.75) is 19.4 Å². The van der Waals surface area contributed by atoms with Crippen LogP contribution >= 0.6 is 0 Å². The van der Waals surface area contributed by atoms with Crippen LogP contribution in [0.3, 0.4) is 0 Å². The molecule has 5 heterocycles. The summed E-state index contributed by atoms with van der Waals surface area (Å²) < 4.78 is 28.3. The second kappa shape index (κ2) is 7.30. The summed E-state index contributed by atoms with van der Waals surface area (Å²) in [5, 5.41) is 28.8. The standard InChI is InChI=1S/C23H18FN5O5/c1-11-19(16(30)4-5-25-11)13-6-18-22(29-10-26-27-21(13)29)28(23(31)32)7-14-15(24)2-3-17-20(14)12(8-33-17)9-34-18/h2-6,10,12H,7-9H2,1H3,(H,25,30)(H,31,32)/t12-/m0/s1. The van der Waals surface area contributed by atoms with Crippen LogP contribution in [0.2, 0.25) is 0 Å². The molecule has 0 spiro atoms. The zero-order valence-corrected chi connectivity index (χ0v) is 17.9. The molecule has 172 valence electrons. The molecule has 0 radical (unpaired) electrons. The largest absolute Gasteiger partial charge is 0.507 e. The van der Waals surface area contributed by atoms with Gasteiger partial charge < -0.3 is 19.7 Å². The highest BCUT2D eigenvalue weighted by atomic mass is 19.1. The first-order valence-electron chi connectivity index (χ1n) is 10.5. The molecule has 3 aromatic heterocycles. The minimum absolute atomic E-state index is 0.0150. The summed E-state index contributed by atoms with van der Waals surface area (Å²) in [6.45, 7) is 1.91. The van der Waals surface area contributed by atoms with E-state index in [-0.39, 0.29) is 41.9 Å². The van der Waals surface area contributed by atoms with Crippen molar-refractivity contribution < 1.29 is 28.9 Å². The van der Waals surface area contributed by atoms with E-state index in [0.717, 1.165) is 4.90 Å². The highest BCUT2D eigenvalue weighted by Crippen LogP contribution is 2.44. The Labute approximate surface area is 191 Å². The summed E-state index contributed by atoms with van der Waals surface area (Å²) in [4.78, 5) is 17.7. The van der Waals surface area contributed by atoms with Crippen LogP contribution in [-0.4, -0.2) is 49.1 Å². The normalized spacial score (nSPS) is 16.6. The van der Waals surface area contributed by atoms with Gasteiger partial charge >= 0.3 is 6.09 Å². The third-order valence-electron chi connectivity index (χ3n) is 6.25. The summed E-state index contributed by atoms with van der Waals surface area (Å²) in [6, 6.07) is 5.90. The second-order valence-electron chi connectivity index (χ2n) is 8.19. The van der Waals surface area contributed by atoms with Crippen LogP contribution in [0.4, 0.5) is 15.0 Å². The van der Waals surface area contributed by atoms with Crippen molar-refractivity contribution in [1.29, 1.82) is 0 Å². The molecule has 10 nitrogen and oxygen atoms in total. The number of hydrogen-bond donors (Lipinski definition) is 2. The molecule has 1 atom stereocenters. The van der Waals surface area contributed by atoms with Gasteiger partial charge in [-0.1, -0.05) is 0 Å². The number of aryl methyl sites for hydroxylation is 1. The number of ether oxygens (including phenoxy) is 2. The first-order valence-corrected chi connectivity index (χ1v) is 10.5. The maximum atomic E-state index is 15.0. The summed E-state index contributed by atoms with van der Waals surface area (Å²) in [6.07, 6.45) is 1.54. The fourth-order valence-corrected chi connectivity index (χ4v) is 4.73. The van der Waals surface area contributed by atoms with Gasteiger partial charge in [0.2, 0.25) is 0 Å². The molecule has 0 unspecified atom stereocenters. The van der Waals surface area contributed by atoms with Crippen molar-refractivity contribution in [1.82, 2.24) is 19.6 Å². The molecule has 0 fully saturated rings. The summed E-state index contributed by atoms with van der Waals surface area (Å²) in [5.74, 6) is 0.0581. The molecule has 0 saturated heterocycles. The fraction of sp³-hybridized carbons (Fsp3) is 0.217. The lowest BCUT2D eigenvalue weighted by atomic mass is 9.95. The maximum absolute atomic E-state index is 15.0. The van der Waals surface area contributed by atoms with Gasteiger partial charge in [-0.05, 0) is 31.2 Å². The number of halogens is 1. The number of pyridine rings is 2. The van der Waals surface area contributed by atoms with Gasteiger partial charge in [-0.25, -0.2) is 9.18 Å². The topological polar surface area (TPSA) is 122 Å². The van der Waals surface area contributed by atoms with E-state index in [0.29, 0.717) is 40.4 Å². The third-order valence-corrected chi connectivity index (χ3v) is 6.25. The van der Waals surface area contributed by atoms with Crippen LogP contribution in [0, 0.1) is 12.7 Å². The Morgan fingerprint density at radius 1 is 1.21 bits per heavy atom. The predicted molar refractivity (Wildman–Crippen MR) is 117 cm³/mol. The molecule has 4 aromatic rings. The van der Waals surface area contributed by atoms with E-state index in [4.69, 9.17) is 9.47 Å². The van der Waals surface area contributed by atoms with Crippen molar-refractivity contribution in [3.63, 3.8) is 0 Å². The number of aromatic hydroxyl groups is 1. The summed E-state index contributed by atoms with van der Waals surface area (Å²) >= 11 is 0. The van der Waals surface area contributed by atoms with Gasteiger partial charge in [-0.15, -0.1) is 10.2 Å². The summed E-state index contributed by atoms with van der Waals surface area (Å²) in [5.41, 5.74) is 2.59. The number of amides is 1. The van der Waals surface area contributed by atoms with E-state index in [1.54, 1.807) is 19.1 Å². The van der Waals surface area contributed by atoms with Crippen molar-refractivity contribution in [3.8, 4) is 28.4 Å². The number of aromatic nitrogens is 4. The van der Waals surface area contributed by atoms with Crippen molar-refractivity contribution >= 4 is 17.6 Å². The van der Waals surface area contributed by atoms with Crippen LogP contribution in [-0.2, 0) is 6.54 Å². The Kier molecular flexibility index (Phi) is 4.34. The van der Waals surface area contributed by atoms with E-state index in [2.05, 4.69) is 15.2 Å². The predicted octanol–water partition coefficient (Wildman–Crippen LogP) is 3.50. The first-order chi connectivity index (χ1) is 16.4. The number of nitrogens with zero attached hydrogens (tertiary/aromatic N) is 5. The summed E-state index contributed by atoms with van der Waals surface area (Å²) in [7, 11) is 0. The quantitative estimate of drug-likeness (QED) is 0.440. The Hall–Kier alpha value is -4.41. The van der Waals surface area contributed by atoms with Crippen LogP contribution in [0.5, 0.6) is 17.2 Å². The van der Waals surface area contributed by atoms with Gasteiger partial charge in [0.15, 0.2) is 17.2 Å². The van der Waals surface area contributed by atoms with E-state index in [9.17, 15) is 19.4 Å². The van der Waals surface area contributed by atoms with Crippen molar-refractivity contribution in [2.24, 2.45) is 0 Å². The molecule has 2 aliphatic heterocycles. The Morgan fingerprint density at radius 3 is 2.76 bits per heavy atom. The number of carbonyl (C=O) groups is 1. The SMILES string of the molecule is Cc1nccc(O)c1-c1cc2c(n3cnnc13)N(C(=O)O)Cc1c(F)ccc3c1[C@@H](CO3)CO2. The lowest BCUT2D eigenvalue weighted by molar-refractivity contribution is 0.200. The molecule has 2 N–H and O–H groups in total. The highest BCUT2D eigenvalue weighted by molar-refractivity contribution is 5.92. The zero-order chi connectivity index (χ0) is 23.6. The molecule has 1 aromatic carbocycles. The smallest absolute Gasteiger partial charge is 0.413 e. The average molecular weight is 463 g/mol. The minimum atomic E-state index is -1.30. The highest BCUT2D eigenvalue weighted by Gasteiger charge is 2.35. The van der Waals surface area contributed by atoms with Gasteiger partial charge in [0, 0.05) is 34.1 Å². The fourth-order valence-electron chi connectivity index (χ4n) is 4.73. The molecule has 0 bridgehead atoms. The Bertz CT molecular complexity index is 1470. The number of fused-ring (bicyclic) bond motifs is 3. The zero-order valence-electron chi connectivity index (χ0n) is 17.9. The van der Waals surface area contributed by atoms with E-state index in [1.165, 1.54) is 29.1 Å². The number of anilines is 1. The first kappa shape index (κ1) is 20.2. The number of carboxylic acid groups (broad SMARTS) is 1. The average Bonchev–Trinajstić information content (AvgIpc) is 3.45. The van der Waals surface area contributed by atoms with E-state index in [1.807, 2.05) is 0 Å². The molecule has 0 aliphatic carbocycles. The van der Waals surface area contributed by atoms with Gasteiger partial charge in [0.05, 0.1) is 25.7 Å². The minimum Gasteiger partial charge on any atom is -0.507 e. The molecule has 2 aliphatic rings. The molecule has 6 rings (SSSR count). The van der Waals surface area contributed by atoms with Crippen molar-refractivity contribution in [2.75, 3.05) is 18.1 Å². The number of rotatable bonds is 1. The van der Waals surface area contributed by atoms with Gasteiger partial charge in [-0.2, -0.15) is 0 Å². The van der Waals surface area contributed by atoms with E-state index < -0.39 is 11.9 Å². The van der Waals surface area contributed by atoms with Gasteiger partial charge in [0.25, 0.3) is 0 Å². The van der Waals surface area contributed by atoms with Crippen LogP contribution in [0.15, 0.2) is 36.8 Å². The monoisotopic (exact) mass is 463 g/mol. The lowest BCUT2D eigenvalue weighted by Gasteiger charge is -2.24. The Morgan fingerprint density at radius 2 is 2.00 bits per heavy atom. The van der Waals surface area contributed by atoms with Crippen molar-refractivity contribution in [3.05, 3.63) is 59.4 Å². The molecule has 34 heavy (non-hydrogen) atoms. The maximum Gasteiger partial charge on any atom is 0.413 e. The Balaban J connectivity index is 1.63.